The third-order valence-corrected chi connectivity index (χ3v) is 2.20. The Morgan fingerprint density at radius 3 is 2.80 bits per heavy atom. The van der Waals surface area contributed by atoms with Crippen molar-refractivity contribution < 1.29 is 10.2 Å². The lowest BCUT2D eigenvalue weighted by molar-refractivity contribution is 0.0266. The monoisotopic (exact) mass is 145 g/mol. The highest BCUT2D eigenvalue weighted by Crippen LogP contribution is 2.15. The Morgan fingerprint density at radius 2 is 2.30 bits per heavy atom. The summed E-state index contributed by atoms with van der Waals surface area (Å²) >= 11 is 0. The van der Waals surface area contributed by atoms with Gasteiger partial charge in [0.25, 0.3) is 0 Å². The van der Waals surface area contributed by atoms with Crippen LogP contribution in [0.2, 0.25) is 0 Å². The molecule has 10 heavy (non-hydrogen) atoms. The van der Waals surface area contributed by atoms with Crippen LogP contribution in [0.3, 0.4) is 0 Å². The van der Waals surface area contributed by atoms with E-state index in [-0.39, 0.29) is 18.8 Å². The molecular weight excluding hydrogens is 130 g/mol. The van der Waals surface area contributed by atoms with Crippen molar-refractivity contribution in [2.45, 2.75) is 25.5 Å². The second kappa shape index (κ2) is 3.32. The lowest BCUT2D eigenvalue weighted by Gasteiger charge is -2.32. The van der Waals surface area contributed by atoms with E-state index < -0.39 is 0 Å². The van der Waals surface area contributed by atoms with E-state index in [1.54, 1.807) is 0 Å². The van der Waals surface area contributed by atoms with E-state index in [1.165, 1.54) is 0 Å². The van der Waals surface area contributed by atoms with Gasteiger partial charge in [0.1, 0.15) is 0 Å². The molecule has 0 radical (unpaired) electrons. The summed E-state index contributed by atoms with van der Waals surface area (Å²) in [5.74, 6) is 0.318. The minimum atomic E-state index is -0.376. The molecule has 1 aliphatic rings. The van der Waals surface area contributed by atoms with Crippen molar-refractivity contribution in [3.8, 4) is 0 Å². The SMILES string of the molecule is C[C@@H]1CCN[C@H](CO)[C@@H]1O. The van der Waals surface area contributed by atoms with Crippen molar-refractivity contribution in [1.29, 1.82) is 0 Å². The molecule has 0 aliphatic carbocycles. The van der Waals surface area contributed by atoms with E-state index in [1.807, 2.05) is 6.92 Å². The molecule has 0 unspecified atom stereocenters. The van der Waals surface area contributed by atoms with E-state index in [9.17, 15) is 5.11 Å². The van der Waals surface area contributed by atoms with Crippen molar-refractivity contribution >= 4 is 0 Å². The Hall–Kier alpha value is -0.120. The fourth-order valence-corrected chi connectivity index (χ4v) is 1.36. The fourth-order valence-electron chi connectivity index (χ4n) is 1.36. The van der Waals surface area contributed by atoms with Crippen molar-refractivity contribution in [1.82, 2.24) is 5.32 Å². The van der Waals surface area contributed by atoms with Crippen LogP contribution in [0.25, 0.3) is 0 Å². The molecule has 60 valence electrons. The van der Waals surface area contributed by atoms with Gasteiger partial charge in [-0.05, 0) is 18.9 Å². The van der Waals surface area contributed by atoms with Gasteiger partial charge in [-0.1, -0.05) is 6.92 Å². The number of aliphatic hydroxyl groups is 2. The molecule has 3 atom stereocenters. The Bertz CT molecular complexity index is 108. The highest BCUT2D eigenvalue weighted by molar-refractivity contribution is 4.84. The van der Waals surface area contributed by atoms with Gasteiger partial charge in [0.2, 0.25) is 0 Å². The first-order chi connectivity index (χ1) is 4.75. The van der Waals surface area contributed by atoms with Crippen molar-refractivity contribution in [2.24, 2.45) is 5.92 Å². The molecule has 1 fully saturated rings. The topological polar surface area (TPSA) is 52.5 Å². The molecule has 1 heterocycles. The highest BCUT2D eigenvalue weighted by Gasteiger charge is 2.27. The summed E-state index contributed by atoms with van der Waals surface area (Å²) in [5, 5.41) is 21.2. The average molecular weight is 145 g/mol. The summed E-state index contributed by atoms with van der Waals surface area (Å²) in [4.78, 5) is 0. The molecule has 1 aliphatic heterocycles. The normalized spacial score (nSPS) is 41.7. The molecule has 0 amide bonds. The Labute approximate surface area is 61.1 Å². The van der Waals surface area contributed by atoms with Crippen LogP contribution in [0.15, 0.2) is 0 Å². The lowest BCUT2D eigenvalue weighted by Crippen LogP contribution is -2.50. The smallest absolute Gasteiger partial charge is 0.0741 e. The molecule has 0 saturated carbocycles. The predicted octanol–water partition coefficient (Wildman–Crippen LogP) is -0.662. The summed E-state index contributed by atoms with van der Waals surface area (Å²) in [7, 11) is 0. The Kier molecular flexibility index (Phi) is 2.65. The lowest BCUT2D eigenvalue weighted by atomic mass is 9.91. The second-order valence-corrected chi connectivity index (χ2v) is 3.00. The van der Waals surface area contributed by atoms with Crippen LogP contribution in [0.4, 0.5) is 0 Å². The van der Waals surface area contributed by atoms with Crippen LogP contribution in [0, 0.1) is 5.92 Å². The minimum absolute atomic E-state index is 0.0332. The summed E-state index contributed by atoms with van der Waals surface area (Å²) in [6.07, 6.45) is 0.622. The summed E-state index contributed by atoms with van der Waals surface area (Å²) in [6, 6.07) is -0.108. The van der Waals surface area contributed by atoms with Crippen LogP contribution >= 0.6 is 0 Å². The molecule has 0 aromatic rings. The van der Waals surface area contributed by atoms with Gasteiger partial charge in [0.05, 0.1) is 18.8 Å². The van der Waals surface area contributed by atoms with Gasteiger partial charge in [0.15, 0.2) is 0 Å². The van der Waals surface area contributed by atoms with Gasteiger partial charge in [-0.25, -0.2) is 0 Å². The van der Waals surface area contributed by atoms with Gasteiger partial charge in [-0.15, -0.1) is 0 Å². The number of piperidine rings is 1. The molecule has 0 aromatic heterocycles. The largest absolute Gasteiger partial charge is 0.395 e. The Morgan fingerprint density at radius 1 is 1.60 bits per heavy atom. The van der Waals surface area contributed by atoms with Crippen molar-refractivity contribution in [2.75, 3.05) is 13.2 Å². The van der Waals surface area contributed by atoms with Gasteiger partial charge >= 0.3 is 0 Å². The van der Waals surface area contributed by atoms with Crippen molar-refractivity contribution in [3.63, 3.8) is 0 Å². The number of rotatable bonds is 1. The number of hydrogen-bond acceptors (Lipinski definition) is 3. The molecule has 3 N–H and O–H groups in total. The molecule has 3 nitrogen and oxygen atoms in total. The molecule has 1 rings (SSSR count). The van der Waals surface area contributed by atoms with Crippen molar-refractivity contribution in [3.05, 3.63) is 0 Å². The first-order valence-electron chi connectivity index (χ1n) is 3.78. The van der Waals surface area contributed by atoms with Crippen LogP contribution in [0.1, 0.15) is 13.3 Å². The third-order valence-electron chi connectivity index (χ3n) is 2.20. The van der Waals surface area contributed by atoms with Crippen LogP contribution < -0.4 is 5.32 Å². The molecule has 3 heteroatoms. The standard InChI is InChI=1S/C7H15NO2/c1-5-2-3-8-6(4-9)7(5)10/h5-10H,2-4H2,1H3/t5-,6-,7-/m1/s1. The zero-order valence-electron chi connectivity index (χ0n) is 6.25. The van der Waals surface area contributed by atoms with Gasteiger partial charge in [-0.3, -0.25) is 0 Å². The molecule has 1 saturated heterocycles. The zero-order valence-corrected chi connectivity index (χ0v) is 6.25. The Balaban J connectivity index is 2.42. The molecule has 0 aromatic carbocycles. The number of nitrogens with one attached hydrogen (secondary N) is 1. The van der Waals surface area contributed by atoms with Gasteiger partial charge in [-0.2, -0.15) is 0 Å². The van der Waals surface area contributed by atoms with E-state index >= 15 is 0 Å². The van der Waals surface area contributed by atoms with E-state index in [0.717, 1.165) is 13.0 Å². The molecule has 0 bridgehead atoms. The summed E-state index contributed by atoms with van der Waals surface area (Å²) in [6.45, 7) is 2.95. The number of aliphatic hydroxyl groups excluding tert-OH is 2. The van der Waals surface area contributed by atoms with Gasteiger partial charge in [0, 0.05) is 0 Å². The van der Waals surface area contributed by atoms with E-state index in [4.69, 9.17) is 5.11 Å². The molecule has 0 spiro atoms. The van der Waals surface area contributed by atoms with Crippen LogP contribution in [0.5, 0.6) is 0 Å². The maximum atomic E-state index is 9.41. The second-order valence-electron chi connectivity index (χ2n) is 3.00. The van der Waals surface area contributed by atoms with Crippen LogP contribution in [-0.2, 0) is 0 Å². The number of hydrogen-bond donors (Lipinski definition) is 3. The minimum Gasteiger partial charge on any atom is -0.395 e. The van der Waals surface area contributed by atoms with Gasteiger partial charge < -0.3 is 15.5 Å². The summed E-state index contributed by atoms with van der Waals surface area (Å²) in [5.41, 5.74) is 0. The predicted molar refractivity (Wildman–Crippen MR) is 38.7 cm³/mol. The average Bonchev–Trinajstić information content (AvgIpc) is 1.95. The third kappa shape index (κ3) is 1.48. The zero-order chi connectivity index (χ0) is 7.56. The van der Waals surface area contributed by atoms with Crippen LogP contribution in [-0.4, -0.2) is 35.5 Å². The first-order valence-corrected chi connectivity index (χ1v) is 3.78. The quantitative estimate of drug-likeness (QED) is 0.459. The van der Waals surface area contributed by atoms with E-state index in [2.05, 4.69) is 5.32 Å². The molecular formula is C7H15NO2. The maximum absolute atomic E-state index is 9.41. The maximum Gasteiger partial charge on any atom is 0.0741 e. The fraction of sp³-hybridized carbons (Fsp3) is 1.00. The summed E-state index contributed by atoms with van der Waals surface area (Å²) < 4.78 is 0. The first kappa shape index (κ1) is 7.98. The van der Waals surface area contributed by atoms with E-state index in [0.29, 0.717) is 5.92 Å². The highest BCUT2D eigenvalue weighted by atomic mass is 16.3.